The van der Waals surface area contributed by atoms with E-state index in [4.69, 9.17) is 4.42 Å². The lowest BCUT2D eigenvalue weighted by Gasteiger charge is -2.14. The minimum atomic E-state index is -3.49. The maximum atomic E-state index is 12.7. The van der Waals surface area contributed by atoms with E-state index < -0.39 is 10.0 Å². The van der Waals surface area contributed by atoms with Crippen molar-refractivity contribution >= 4 is 26.0 Å². The summed E-state index contributed by atoms with van der Waals surface area (Å²) in [4.78, 5) is 0.226. The van der Waals surface area contributed by atoms with Gasteiger partial charge in [0.25, 0.3) is 0 Å². The molecule has 1 saturated heterocycles. The largest absolute Gasteiger partial charge is 0.452 e. The number of hydrogen-bond acceptors (Lipinski definition) is 4. The first-order valence-corrected chi connectivity index (χ1v) is 9.47. The van der Waals surface area contributed by atoms with E-state index in [2.05, 4.69) is 35.1 Å². The Bertz CT molecular complexity index is 587. The van der Waals surface area contributed by atoms with Gasteiger partial charge in [-0.1, -0.05) is 27.7 Å². The molecule has 7 heteroatoms. The molecule has 2 heterocycles. The summed E-state index contributed by atoms with van der Waals surface area (Å²) in [6.45, 7) is 9.89. The van der Waals surface area contributed by atoms with Crippen molar-refractivity contribution in [3.63, 3.8) is 0 Å². The molecular formula is C14H23BrN2O3S. The molecule has 0 aromatic carbocycles. The number of furan rings is 1. The molecule has 0 amide bonds. The van der Waals surface area contributed by atoms with Crippen molar-refractivity contribution < 1.29 is 12.8 Å². The molecule has 1 aromatic rings. The zero-order valence-electron chi connectivity index (χ0n) is 12.9. The van der Waals surface area contributed by atoms with E-state index in [9.17, 15) is 8.42 Å². The van der Waals surface area contributed by atoms with Gasteiger partial charge in [0.15, 0.2) is 4.67 Å². The van der Waals surface area contributed by atoms with Gasteiger partial charge >= 0.3 is 0 Å². The van der Waals surface area contributed by atoms with Crippen molar-refractivity contribution in [2.24, 2.45) is 11.8 Å². The van der Waals surface area contributed by atoms with Gasteiger partial charge in [0.2, 0.25) is 10.0 Å². The topological polar surface area (TPSA) is 62.6 Å². The minimum Gasteiger partial charge on any atom is -0.452 e. The molecular weight excluding hydrogens is 356 g/mol. The predicted molar refractivity (Wildman–Crippen MR) is 85.5 cm³/mol. The molecule has 5 nitrogen and oxygen atoms in total. The first-order chi connectivity index (χ1) is 9.71. The number of rotatable bonds is 5. The quantitative estimate of drug-likeness (QED) is 0.855. The van der Waals surface area contributed by atoms with E-state index in [1.165, 1.54) is 0 Å². The molecule has 1 fully saturated rings. The van der Waals surface area contributed by atoms with Gasteiger partial charge in [-0.3, -0.25) is 0 Å². The molecule has 1 aliphatic heterocycles. The summed E-state index contributed by atoms with van der Waals surface area (Å²) in [7, 11) is -3.49. The number of sulfonamides is 1. The van der Waals surface area contributed by atoms with Crippen LogP contribution in [0.2, 0.25) is 0 Å². The second kappa shape index (κ2) is 6.40. The molecule has 0 radical (unpaired) electrons. The lowest BCUT2D eigenvalue weighted by Crippen LogP contribution is -2.29. The number of hydrogen-bond donors (Lipinski definition) is 1. The Balaban J connectivity index is 2.21. The standard InChI is InChI=1S/C14H23BrN2O3S/c1-9(2)16-6-12-5-13(14(15)20-12)21(18,19)17-7-10(3)11(4)8-17/h5,9-11,16H,6-8H2,1-4H3. The van der Waals surface area contributed by atoms with Crippen molar-refractivity contribution in [1.82, 2.24) is 9.62 Å². The van der Waals surface area contributed by atoms with Gasteiger partial charge in [-0.15, -0.1) is 0 Å². The summed E-state index contributed by atoms with van der Waals surface area (Å²) < 4.78 is 32.8. The van der Waals surface area contributed by atoms with E-state index in [-0.39, 0.29) is 9.56 Å². The third-order valence-corrected chi connectivity index (χ3v) is 6.65. The van der Waals surface area contributed by atoms with Crippen LogP contribution in [0.25, 0.3) is 0 Å². The van der Waals surface area contributed by atoms with Crippen LogP contribution in [0.3, 0.4) is 0 Å². The maximum absolute atomic E-state index is 12.7. The highest BCUT2D eigenvalue weighted by atomic mass is 79.9. The van der Waals surface area contributed by atoms with Crippen LogP contribution in [0.1, 0.15) is 33.5 Å². The first-order valence-electron chi connectivity index (χ1n) is 7.23. The molecule has 0 saturated carbocycles. The van der Waals surface area contributed by atoms with Gasteiger partial charge in [0, 0.05) is 25.2 Å². The first kappa shape index (κ1) is 17.0. The summed E-state index contributed by atoms with van der Waals surface area (Å²) in [6.07, 6.45) is 0. The molecule has 2 atom stereocenters. The Labute approximate surface area is 135 Å². The molecule has 1 aliphatic rings. The monoisotopic (exact) mass is 378 g/mol. The van der Waals surface area contributed by atoms with Gasteiger partial charge in [-0.2, -0.15) is 4.31 Å². The normalized spacial score (nSPS) is 24.1. The Morgan fingerprint density at radius 1 is 1.38 bits per heavy atom. The zero-order chi connectivity index (χ0) is 15.8. The van der Waals surface area contributed by atoms with E-state index in [0.29, 0.717) is 43.3 Å². The fourth-order valence-electron chi connectivity index (χ4n) is 2.38. The lowest BCUT2D eigenvalue weighted by atomic mass is 10.0. The average Bonchev–Trinajstić information content (AvgIpc) is 2.92. The van der Waals surface area contributed by atoms with Crippen LogP contribution >= 0.6 is 15.9 Å². The van der Waals surface area contributed by atoms with Gasteiger partial charge in [-0.25, -0.2) is 8.42 Å². The van der Waals surface area contributed by atoms with Crippen molar-refractivity contribution in [2.75, 3.05) is 13.1 Å². The van der Waals surface area contributed by atoms with Crippen molar-refractivity contribution in [3.05, 3.63) is 16.5 Å². The number of halogens is 1. The summed E-state index contributed by atoms with van der Waals surface area (Å²) in [5.41, 5.74) is 0. The van der Waals surface area contributed by atoms with E-state index in [0.717, 1.165) is 0 Å². The predicted octanol–water partition coefficient (Wildman–Crippen LogP) is 2.82. The van der Waals surface area contributed by atoms with E-state index >= 15 is 0 Å². The molecule has 1 aromatic heterocycles. The zero-order valence-corrected chi connectivity index (χ0v) is 15.3. The Hall–Kier alpha value is -0.370. The molecule has 0 bridgehead atoms. The SMILES string of the molecule is CC(C)NCc1cc(S(=O)(=O)N2CC(C)C(C)C2)c(Br)o1. The van der Waals surface area contributed by atoms with E-state index in [1.807, 2.05) is 13.8 Å². The summed E-state index contributed by atoms with van der Waals surface area (Å²) in [5.74, 6) is 1.38. The third-order valence-electron chi connectivity index (χ3n) is 3.96. The number of nitrogens with zero attached hydrogens (tertiary/aromatic N) is 1. The molecule has 2 unspecified atom stereocenters. The van der Waals surface area contributed by atoms with Crippen LogP contribution in [0.15, 0.2) is 20.0 Å². The van der Waals surface area contributed by atoms with Crippen LogP contribution in [-0.2, 0) is 16.6 Å². The Kier molecular flexibility index (Phi) is 5.18. The molecule has 0 spiro atoms. The Morgan fingerprint density at radius 3 is 2.48 bits per heavy atom. The van der Waals surface area contributed by atoms with Gasteiger partial charge < -0.3 is 9.73 Å². The van der Waals surface area contributed by atoms with Gasteiger partial charge in [0.1, 0.15) is 10.7 Å². The molecule has 21 heavy (non-hydrogen) atoms. The van der Waals surface area contributed by atoms with E-state index in [1.54, 1.807) is 10.4 Å². The summed E-state index contributed by atoms with van der Waals surface area (Å²) in [6, 6.07) is 1.93. The highest BCUT2D eigenvalue weighted by Gasteiger charge is 2.37. The molecule has 2 rings (SSSR count). The van der Waals surface area contributed by atoms with Crippen LogP contribution in [0.4, 0.5) is 0 Å². The molecule has 0 aliphatic carbocycles. The fourth-order valence-corrected chi connectivity index (χ4v) is 4.98. The van der Waals surface area contributed by atoms with Crippen molar-refractivity contribution in [1.29, 1.82) is 0 Å². The number of nitrogens with one attached hydrogen (secondary N) is 1. The highest BCUT2D eigenvalue weighted by molar-refractivity contribution is 9.10. The molecule has 1 N–H and O–H groups in total. The van der Waals surface area contributed by atoms with Gasteiger partial charge in [-0.05, 0) is 27.8 Å². The van der Waals surface area contributed by atoms with Crippen molar-refractivity contribution in [3.8, 4) is 0 Å². The maximum Gasteiger partial charge on any atom is 0.247 e. The second-order valence-electron chi connectivity index (χ2n) is 6.16. The van der Waals surface area contributed by atoms with Crippen LogP contribution in [0, 0.1) is 11.8 Å². The third kappa shape index (κ3) is 3.70. The lowest BCUT2D eigenvalue weighted by molar-refractivity contribution is 0.441. The second-order valence-corrected chi connectivity index (χ2v) is 8.79. The van der Waals surface area contributed by atoms with Gasteiger partial charge in [0.05, 0.1) is 6.54 Å². The summed E-state index contributed by atoms with van der Waals surface area (Å²) in [5, 5.41) is 3.21. The van der Waals surface area contributed by atoms with Crippen LogP contribution in [0.5, 0.6) is 0 Å². The fraction of sp³-hybridized carbons (Fsp3) is 0.714. The summed E-state index contributed by atoms with van der Waals surface area (Å²) >= 11 is 3.24. The van der Waals surface area contributed by atoms with Crippen molar-refractivity contribution in [2.45, 2.75) is 45.2 Å². The van der Waals surface area contributed by atoms with Crippen LogP contribution < -0.4 is 5.32 Å². The molecule has 120 valence electrons. The smallest absolute Gasteiger partial charge is 0.247 e. The minimum absolute atomic E-state index is 0.226. The Morgan fingerprint density at radius 2 is 1.95 bits per heavy atom. The highest BCUT2D eigenvalue weighted by Crippen LogP contribution is 2.33. The average molecular weight is 379 g/mol. The van der Waals surface area contributed by atoms with Crippen LogP contribution in [-0.4, -0.2) is 31.9 Å².